The second-order valence-electron chi connectivity index (χ2n) is 6.42. The van der Waals surface area contributed by atoms with E-state index >= 15 is 0 Å². The van der Waals surface area contributed by atoms with E-state index in [1.54, 1.807) is 6.08 Å². The Morgan fingerprint density at radius 1 is 1.50 bits per heavy atom. The maximum atomic E-state index is 11.8. The number of aliphatic hydroxyl groups excluding tert-OH is 1. The molecule has 4 heteroatoms. The van der Waals surface area contributed by atoms with Crippen LogP contribution in [-0.4, -0.2) is 29.8 Å². The molecule has 4 nitrogen and oxygen atoms in total. The molecule has 104 valence electrons. The number of hydrogen-bond acceptors (Lipinski definition) is 2. The van der Waals surface area contributed by atoms with E-state index in [9.17, 15) is 9.90 Å². The first-order chi connectivity index (χ1) is 8.32. The molecule has 0 aromatic rings. The molecule has 2 amide bonds. The molecule has 18 heavy (non-hydrogen) atoms. The highest BCUT2D eigenvalue weighted by atomic mass is 16.3. The highest BCUT2D eigenvalue weighted by Gasteiger charge is 2.43. The quantitative estimate of drug-likeness (QED) is 0.672. The fraction of sp³-hybridized carbons (Fsp3) is 0.786. The lowest BCUT2D eigenvalue weighted by Gasteiger charge is -2.47. The zero-order chi connectivity index (χ0) is 13.8. The van der Waals surface area contributed by atoms with E-state index in [0.29, 0.717) is 12.5 Å². The number of carbonyl (C=O) groups excluding carboxylic acids is 1. The highest BCUT2D eigenvalue weighted by molar-refractivity contribution is 5.75. The zero-order valence-electron chi connectivity index (χ0n) is 11.8. The normalized spacial score (nSPS) is 30.6. The maximum Gasteiger partial charge on any atom is 0.315 e. The molecule has 1 aliphatic carbocycles. The van der Waals surface area contributed by atoms with E-state index in [1.807, 2.05) is 0 Å². The Morgan fingerprint density at radius 2 is 2.17 bits per heavy atom. The minimum absolute atomic E-state index is 0.0116. The van der Waals surface area contributed by atoms with Crippen LogP contribution in [0, 0.1) is 11.3 Å². The molecule has 0 spiro atoms. The first kappa shape index (κ1) is 15.0. The van der Waals surface area contributed by atoms with Crippen LogP contribution in [0.3, 0.4) is 0 Å². The molecular weight excluding hydrogens is 228 g/mol. The molecular formula is C14H26N2O2. The second-order valence-corrected chi connectivity index (χ2v) is 6.42. The maximum absolute atomic E-state index is 11.8. The molecule has 2 unspecified atom stereocenters. The zero-order valence-corrected chi connectivity index (χ0v) is 11.8. The van der Waals surface area contributed by atoms with Gasteiger partial charge in [-0.25, -0.2) is 4.79 Å². The molecule has 2 atom stereocenters. The predicted octanol–water partition coefficient (Wildman–Crippen LogP) is 2.05. The van der Waals surface area contributed by atoms with Gasteiger partial charge in [-0.3, -0.25) is 0 Å². The number of hydrogen-bond donors (Lipinski definition) is 3. The van der Waals surface area contributed by atoms with Gasteiger partial charge in [-0.1, -0.05) is 26.8 Å². The topological polar surface area (TPSA) is 61.4 Å². The van der Waals surface area contributed by atoms with Gasteiger partial charge in [0, 0.05) is 6.54 Å². The van der Waals surface area contributed by atoms with Gasteiger partial charge in [0.2, 0.25) is 0 Å². The van der Waals surface area contributed by atoms with Gasteiger partial charge in [0.05, 0.1) is 12.1 Å². The molecule has 0 heterocycles. The van der Waals surface area contributed by atoms with Crippen LogP contribution in [0.2, 0.25) is 0 Å². The third kappa shape index (κ3) is 4.02. The Hall–Kier alpha value is -1.03. The summed E-state index contributed by atoms with van der Waals surface area (Å²) < 4.78 is 0. The minimum atomic E-state index is -0.494. The Labute approximate surface area is 110 Å². The summed E-state index contributed by atoms with van der Waals surface area (Å²) in [6.07, 6.45) is 4.40. The first-order valence-electron chi connectivity index (χ1n) is 6.60. The fourth-order valence-electron chi connectivity index (χ4n) is 3.45. The Balaban J connectivity index is 2.72. The Morgan fingerprint density at radius 3 is 2.67 bits per heavy atom. The van der Waals surface area contributed by atoms with Gasteiger partial charge in [0.1, 0.15) is 0 Å². The van der Waals surface area contributed by atoms with Crippen LogP contribution in [0.25, 0.3) is 0 Å². The third-order valence-corrected chi connectivity index (χ3v) is 3.55. The van der Waals surface area contributed by atoms with Crippen molar-refractivity contribution in [2.75, 3.05) is 13.2 Å². The van der Waals surface area contributed by atoms with Gasteiger partial charge < -0.3 is 15.7 Å². The predicted molar refractivity (Wildman–Crippen MR) is 73.3 cm³/mol. The summed E-state index contributed by atoms with van der Waals surface area (Å²) in [5.74, 6) is 0.501. The van der Waals surface area contributed by atoms with Crippen molar-refractivity contribution in [1.82, 2.24) is 10.6 Å². The third-order valence-electron chi connectivity index (χ3n) is 3.55. The lowest BCUT2D eigenvalue weighted by molar-refractivity contribution is 0.0433. The number of urea groups is 1. The summed E-state index contributed by atoms with van der Waals surface area (Å²) in [6.45, 7) is 10.5. The van der Waals surface area contributed by atoms with Crippen LogP contribution >= 0.6 is 0 Å². The lowest BCUT2D eigenvalue weighted by atomic mass is 9.64. The molecule has 0 aromatic heterocycles. The lowest BCUT2D eigenvalue weighted by Crippen LogP contribution is -2.59. The molecule has 0 saturated heterocycles. The van der Waals surface area contributed by atoms with E-state index in [-0.39, 0.29) is 18.1 Å². The average molecular weight is 254 g/mol. The van der Waals surface area contributed by atoms with Crippen LogP contribution < -0.4 is 10.6 Å². The molecule has 0 bridgehead atoms. The molecule has 1 rings (SSSR count). The standard InChI is InChI=1S/C14H26N2O2/c1-5-6-15-12(18)16-14(10-17)8-11(2)7-13(3,4)9-14/h5,11,17H,1,6-10H2,2-4H3,(H2,15,16,18). The van der Waals surface area contributed by atoms with Crippen molar-refractivity contribution in [3.63, 3.8) is 0 Å². The minimum Gasteiger partial charge on any atom is -0.394 e. The average Bonchev–Trinajstić information content (AvgIpc) is 2.23. The molecule has 0 radical (unpaired) electrons. The van der Waals surface area contributed by atoms with Gasteiger partial charge in [-0.15, -0.1) is 6.58 Å². The van der Waals surface area contributed by atoms with E-state index < -0.39 is 5.54 Å². The second kappa shape index (κ2) is 5.74. The van der Waals surface area contributed by atoms with E-state index in [1.165, 1.54) is 0 Å². The summed E-state index contributed by atoms with van der Waals surface area (Å²) in [4.78, 5) is 11.8. The number of amides is 2. The summed E-state index contributed by atoms with van der Waals surface area (Å²) >= 11 is 0. The molecule has 0 aliphatic heterocycles. The first-order valence-corrected chi connectivity index (χ1v) is 6.60. The summed E-state index contributed by atoms with van der Waals surface area (Å²) in [5, 5.41) is 15.4. The van der Waals surface area contributed by atoms with E-state index in [0.717, 1.165) is 19.3 Å². The highest BCUT2D eigenvalue weighted by Crippen LogP contribution is 2.43. The van der Waals surface area contributed by atoms with Crippen molar-refractivity contribution in [2.45, 2.75) is 45.6 Å². The summed E-state index contributed by atoms with van der Waals surface area (Å²) in [5.41, 5.74) is -0.349. The van der Waals surface area contributed by atoms with Crippen LogP contribution in [0.4, 0.5) is 4.79 Å². The van der Waals surface area contributed by atoms with Crippen molar-refractivity contribution in [1.29, 1.82) is 0 Å². The van der Waals surface area contributed by atoms with E-state index in [2.05, 4.69) is 38.0 Å². The number of aliphatic hydroxyl groups is 1. The molecule has 0 aromatic carbocycles. The van der Waals surface area contributed by atoms with Crippen molar-refractivity contribution >= 4 is 6.03 Å². The van der Waals surface area contributed by atoms with Gasteiger partial charge in [-0.2, -0.15) is 0 Å². The monoisotopic (exact) mass is 254 g/mol. The van der Waals surface area contributed by atoms with Gasteiger partial charge >= 0.3 is 6.03 Å². The molecule has 1 fully saturated rings. The summed E-state index contributed by atoms with van der Waals surface area (Å²) in [6, 6.07) is -0.228. The smallest absolute Gasteiger partial charge is 0.315 e. The fourth-order valence-corrected chi connectivity index (χ4v) is 3.45. The van der Waals surface area contributed by atoms with Crippen LogP contribution in [0.15, 0.2) is 12.7 Å². The van der Waals surface area contributed by atoms with Crippen molar-refractivity contribution < 1.29 is 9.90 Å². The van der Waals surface area contributed by atoms with Gasteiger partial charge in [-0.05, 0) is 30.6 Å². The Bertz CT molecular complexity index is 315. The van der Waals surface area contributed by atoms with Gasteiger partial charge in [0.15, 0.2) is 0 Å². The number of carbonyl (C=O) groups is 1. The van der Waals surface area contributed by atoms with Crippen molar-refractivity contribution in [2.24, 2.45) is 11.3 Å². The molecule has 1 aliphatic rings. The molecule has 3 N–H and O–H groups in total. The molecule has 1 saturated carbocycles. The van der Waals surface area contributed by atoms with Crippen molar-refractivity contribution in [3.8, 4) is 0 Å². The number of nitrogens with one attached hydrogen (secondary N) is 2. The Kier molecular flexibility index (Phi) is 4.79. The van der Waals surface area contributed by atoms with Crippen LogP contribution in [0.1, 0.15) is 40.0 Å². The number of rotatable bonds is 4. The van der Waals surface area contributed by atoms with Gasteiger partial charge in [0.25, 0.3) is 0 Å². The van der Waals surface area contributed by atoms with E-state index in [4.69, 9.17) is 0 Å². The van der Waals surface area contributed by atoms with Crippen LogP contribution in [-0.2, 0) is 0 Å². The largest absolute Gasteiger partial charge is 0.394 e. The van der Waals surface area contributed by atoms with Crippen molar-refractivity contribution in [3.05, 3.63) is 12.7 Å². The van der Waals surface area contributed by atoms with Crippen LogP contribution in [0.5, 0.6) is 0 Å². The summed E-state index contributed by atoms with van der Waals surface area (Å²) in [7, 11) is 0. The SMILES string of the molecule is C=CCNC(=O)NC1(CO)CC(C)CC(C)(C)C1.